The first-order chi connectivity index (χ1) is 15.6. The normalized spacial score (nSPS) is 12.5. The monoisotopic (exact) mass is 457 g/mol. The van der Waals surface area contributed by atoms with Crippen LogP contribution in [-0.4, -0.2) is 14.5 Å². The second kappa shape index (κ2) is 7.33. The van der Waals surface area contributed by atoms with Crippen LogP contribution in [0.3, 0.4) is 0 Å². The lowest BCUT2D eigenvalue weighted by molar-refractivity contribution is -0.142. The third kappa shape index (κ3) is 3.59. The first-order valence-corrected chi connectivity index (χ1v) is 9.73. The molecule has 0 aliphatic carbocycles. The van der Waals surface area contributed by atoms with Gasteiger partial charge in [-0.3, -0.25) is 9.55 Å². The van der Waals surface area contributed by atoms with Gasteiger partial charge in [0.05, 0.1) is 28.0 Å². The summed E-state index contributed by atoms with van der Waals surface area (Å²) in [6, 6.07) is 16.7. The van der Waals surface area contributed by atoms with Crippen LogP contribution in [0.4, 0.5) is 26.3 Å². The number of benzene rings is 3. The van der Waals surface area contributed by atoms with Crippen LogP contribution >= 0.6 is 0 Å². The number of hydrogen-bond donors (Lipinski definition) is 0. The van der Waals surface area contributed by atoms with Crippen molar-refractivity contribution in [2.24, 2.45) is 0 Å². The van der Waals surface area contributed by atoms with Gasteiger partial charge in [0.15, 0.2) is 0 Å². The van der Waals surface area contributed by atoms with Crippen LogP contribution in [0.5, 0.6) is 0 Å². The third-order valence-corrected chi connectivity index (χ3v) is 5.39. The van der Waals surface area contributed by atoms with E-state index in [1.807, 2.05) is 18.2 Å². The summed E-state index contributed by atoms with van der Waals surface area (Å²) in [5.74, 6) is 0. The molecule has 9 heteroatoms. The molecule has 5 aromatic rings. The van der Waals surface area contributed by atoms with E-state index in [9.17, 15) is 26.3 Å². The number of pyridine rings is 1. The molecule has 0 amide bonds. The third-order valence-electron chi connectivity index (χ3n) is 5.39. The largest absolute Gasteiger partial charge is 0.418 e. The van der Waals surface area contributed by atoms with Crippen molar-refractivity contribution in [2.45, 2.75) is 12.4 Å². The van der Waals surface area contributed by atoms with Crippen molar-refractivity contribution < 1.29 is 26.3 Å². The molecule has 0 aliphatic rings. The average molecular weight is 457 g/mol. The second-order valence-corrected chi connectivity index (χ2v) is 7.39. The Labute approximate surface area is 182 Å². The van der Waals surface area contributed by atoms with E-state index in [0.29, 0.717) is 22.8 Å². The van der Waals surface area contributed by atoms with E-state index in [2.05, 4.69) is 9.97 Å². The van der Waals surface area contributed by atoms with E-state index < -0.39 is 29.0 Å². The van der Waals surface area contributed by atoms with Crippen LogP contribution in [0.1, 0.15) is 11.1 Å². The SMILES string of the molecule is FC(F)(F)c1cc(C(F)(F)F)c2ncn(-c3ccc(-c4ccccn4)c4ccccc34)c2c1. The number of imidazole rings is 1. The maximum absolute atomic E-state index is 13.6. The van der Waals surface area contributed by atoms with Gasteiger partial charge in [-0.05, 0) is 35.7 Å². The van der Waals surface area contributed by atoms with Crippen LogP contribution in [0.2, 0.25) is 0 Å². The van der Waals surface area contributed by atoms with E-state index >= 15 is 0 Å². The molecule has 3 nitrogen and oxygen atoms in total. The van der Waals surface area contributed by atoms with Crippen molar-refractivity contribution in [1.29, 1.82) is 0 Å². The Bertz CT molecular complexity index is 1480. The van der Waals surface area contributed by atoms with Crippen molar-refractivity contribution in [3.63, 3.8) is 0 Å². The maximum Gasteiger partial charge on any atom is 0.418 e. The molecule has 0 N–H and O–H groups in total. The number of halogens is 6. The zero-order valence-corrected chi connectivity index (χ0v) is 16.6. The minimum atomic E-state index is -5.00. The summed E-state index contributed by atoms with van der Waals surface area (Å²) in [4.78, 5) is 8.18. The summed E-state index contributed by atoms with van der Waals surface area (Å²) >= 11 is 0. The number of fused-ring (bicyclic) bond motifs is 2. The van der Waals surface area contributed by atoms with Crippen LogP contribution < -0.4 is 0 Å². The zero-order valence-electron chi connectivity index (χ0n) is 16.6. The van der Waals surface area contributed by atoms with Gasteiger partial charge < -0.3 is 0 Å². The van der Waals surface area contributed by atoms with Crippen molar-refractivity contribution in [2.75, 3.05) is 0 Å². The number of rotatable bonds is 2. The molecule has 0 aliphatic heterocycles. The van der Waals surface area contributed by atoms with Crippen LogP contribution in [0.15, 0.2) is 79.3 Å². The maximum atomic E-state index is 13.6. The Morgan fingerprint density at radius 1 is 0.697 bits per heavy atom. The highest BCUT2D eigenvalue weighted by Gasteiger charge is 2.39. The quantitative estimate of drug-likeness (QED) is 0.261. The number of alkyl halides is 6. The lowest BCUT2D eigenvalue weighted by Crippen LogP contribution is -2.11. The second-order valence-electron chi connectivity index (χ2n) is 7.39. The van der Waals surface area contributed by atoms with Crippen LogP contribution in [0, 0.1) is 0 Å². The summed E-state index contributed by atoms with van der Waals surface area (Å²) in [6.45, 7) is 0. The summed E-state index contributed by atoms with van der Waals surface area (Å²) in [5, 5.41) is 1.38. The molecule has 0 radical (unpaired) electrons. The molecular weight excluding hydrogens is 444 g/mol. The van der Waals surface area contributed by atoms with Crippen molar-refractivity contribution in [3.8, 4) is 16.9 Å². The summed E-state index contributed by atoms with van der Waals surface area (Å²) in [5.41, 5.74) is -1.78. The van der Waals surface area contributed by atoms with Gasteiger partial charge in [0, 0.05) is 17.1 Å². The summed E-state index contributed by atoms with van der Waals surface area (Å²) in [6.07, 6.45) is -7.20. The van der Waals surface area contributed by atoms with Crippen LogP contribution in [-0.2, 0) is 12.4 Å². The first kappa shape index (κ1) is 21.0. The molecule has 0 bridgehead atoms. The highest BCUT2D eigenvalue weighted by Crippen LogP contribution is 2.41. The van der Waals surface area contributed by atoms with Gasteiger partial charge in [0.2, 0.25) is 0 Å². The summed E-state index contributed by atoms with van der Waals surface area (Å²) < 4.78 is 82.2. The van der Waals surface area contributed by atoms with Crippen molar-refractivity contribution >= 4 is 21.8 Å². The van der Waals surface area contributed by atoms with Gasteiger partial charge >= 0.3 is 12.4 Å². The number of aromatic nitrogens is 3. The van der Waals surface area contributed by atoms with Gasteiger partial charge in [-0.2, -0.15) is 26.3 Å². The molecule has 0 spiro atoms. The van der Waals surface area contributed by atoms with Gasteiger partial charge in [-0.1, -0.05) is 36.4 Å². The van der Waals surface area contributed by atoms with E-state index in [1.165, 1.54) is 4.57 Å². The van der Waals surface area contributed by atoms with Gasteiger partial charge in [-0.15, -0.1) is 0 Å². The molecule has 2 heterocycles. The molecule has 0 saturated carbocycles. The Morgan fingerprint density at radius 2 is 1.42 bits per heavy atom. The molecule has 5 rings (SSSR count). The smallest absolute Gasteiger partial charge is 0.298 e. The van der Waals surface area contributed by atoms with E-state index in [-0.39, 0.29) is 11.6 Å². The lowest BCUT2D eigenvalue weighted by Gasteiger charge is -2.15. The van der Waals surface area contributed by atoms with Gasteiger partial charge in [-0.25, -0.2) is 4.98 Å². The molecule has 33 heavy (non-hydrogen) atoms. The molecule has 0 unspecified atom stereocenters. The minimum Gasteiger partial charge on any atom is -0.298 e. The number of nitrogens with zero attached hydrogens (tertiary/aromatic N) is 3. The molecule has 166 valence electrons. The Hall–Kier alpha value is -3.88. The molecule has 0 fully saturated rings. The Kier molecular flexibility index (Phi) is 4.66. The summed E-state index contributed by atoms with van der Waals surface area (Å²) in [7, 11) is 0. The van der Waals surface area contributed by atoms with Gasteiger partial charge in [0.25, 0.3) is 0 Å². The predicted molar refractivity (Wildman–Crippen MR) is 112 cm³/mol. The Morgan fingerprint density at radius 3 is 2.09 bits per heavy atom. The van der Waals surface area contributed by atoms with Crippen molar-refractivity contribution in [3.05, 3.63) is 90.4 Å². The van der Waals surface area contributed by atoms with E-state index in [4.69, 9.17) is 0 Å². The highest BCUT2D eigenvalue weighted by molar-refractivity contribution is 6.01. The van der Waals surface area contributed by atoms with Crippen LogP contribution in [0.25, 0.3) is 38.8 Å². The highest BCUT2D eigenvalue weighted by atomic mass is 19.4. The first-order valence-electron chi connectivity index (χ1n) is 9.73. The lowest BCUT2D eigenvalue weighted by atomic mass is 10.00. The molecule has 3 aromatic carbocycles. The fourth-order valence-electron chi connectivity index (χ4n) is 3.93. The standard InChI is InChI=1S/C24H13F6N3/c25-23(26,27)14-11-18(24(28,29)30)22-21(12-14)33(13-32-22)20-9-8-16(19-7-3-4-10-31-19)15-5-1-2-6-17(15)20/h1-13H. The van der Waals surface area contributed by atoms with E-state index in [1.54, 1.807) is 42.6 Å². The Balaban J connectivity index is 1.81. The predicted octanol–water partition coefficient (Wildman–Crippen LogP) is 7.28. The molecule has 0 atom stereocenters. The number of hydrogen-bond acceptors (Lipinski definition) is 2. The van der Waals surface area contributed by atoms with Gasteiger partial charge in [0.1, 0.15) is 11.8 Å². The average Bonchev–Trinajstić information content (AvgIpc) is 3.21. The minimum absolute atomic E-state index is 0.0992. The molecular formula is C24H13F6N3. The van der Waals surface area contributed by atoms with Crippen molar-refractivity contribution in [1.82, 2.24) is 14.5 Å². The topological polar surface area (TPSA) is 30.7 Å². The molecule has 2 aromatic heterocycles. The molecule has 0 saturated heterocycles. The fourth-order valence-corrected chi connectivity index (χ4v) is 3.93. The fraction of sp³-hybridized carbons (Fsp3) is 0.0833. The van der Waals surface area contributed by atoms with E-state index in [0.717, 1.165) is 17.3 Å². The zero-order chi connectivity index (χ0) is 23.4.